The van der Waals surface area contributed by atoms with Gasteiger partial charge in [0.05, 0.1) is 11.1 Å². The number of fused-ring (bicyclic) bond motifs is 1. The first-order valence-electron chi connectivity index (χ1n) is 8.71. The maximum atomic E-state index is 12.6. The Morgan fingerprint density at radius 3 is 2.11 bits per heavy atom. The molecule has 7 nitrogen and oxygen atoms in total. The van der Waals surface area contributed by atoms with E-state index >= 15 is 0 Å². The third-order valence-electron chi connectivity index (χ3n) is 4.09. The Labute approximate surface area is 161 Å². The Kier molecular flexibility index (Phi) is 4.88. The van der Waals surface area contributed by atoms with E-state index in [1.54, 1.807) is 30.3 Å². The van der Waals surface area contributed by atoms with Crippen molar-refractivity contribution < 1.29 is 19.1 Å². The second-order valence-electron chi connectivity index (χ2n) is 6.10. The van der Waals surface area contributed by atoms with E-state index in [1.165, 1.54) is 18.5 Å². The number of hydrogen-bond donors (Lipinski definition) is 2. The van der Waals surface area contributed by atoms with Crippen LogP contribution in [0.5, 0.6) is 11.5 Å². The van der Waals surface area contributed by atoms with Crippen LogP contribution >= 0.6 is 0 Å². The normalized spacial score (nSPS) is 12.1. The fourth-order valence-corrected chi connectivity index (χ4v) is 2.74. The number of aromatic nitrogens is 1. The fraction of sp³-hybridized carbons (Fsp3) is 0.0952. The largest absolute Gasteiger partial charge is 0.486 e. The fourth-order valence-electron chi connectivity index (χ4n) is 2.74. The van der Waals surface area contributed by atoms with Crippen LogP contribution in [-0.4, -0.2) is 30.0 Å². The summed E-state index contributed by atoms with van der Waals surface area (Å²) in [5.74, 6) is 0.509. The summed E-state index contributed by atoms with van der Waals surface area (Å²) in [7, 11) is 0. The number of nitrogens with zero attached hydrogens (tertiary/aromatic N) is 1. The van der Waals surface area contributed by atoms with Gasteiger partial charge in [0.1, 0.15) is 13.2 Å². The summed E-state index contributed by atoms with van der Waals surface area (Å²) in [6.07, 6.45) is 2.83. The standard InChI is InChI=1S/C21H17N3O4/c25-20(23-16-4-2-1-3-5-16)14-10-15(13-22-12-14)21(26)24-17-6-7-18-19(11-17)28-9-8-27-18/h1-7,10-13H,8-9H2,(H,23,25)(H,24,26). The van der Waals surface area contributed by atoms with Crippen LogP contribution in [0, 0.1) is 0 Å². The Hall–Kier alpha value is -3.87. The lowest BCUT2D eigenvalue weighted by Crippen LogP contribution is -2.17. The number of carbonyl (C=O) groups is 2. The number of nitrogens with one attached hydrogen (secondary N) is 2. The molecule has 2 N–H and O–H groups in total. The molecule has 1 aromatic heterocycles. The van der Waals surface area contributed by atoms with Gasteiger partial charge in [-0.1, -0.05) is 18.2 Å². The first-order chi connectivity index (χ1) is 13.7. The first kappa shape index (κ1) is 17.5. The van der Waals surface area contributed by atoms with Gasteiger partial charge in [-0.15, -0.1) is 0 Å². The average Bonchev–Trinajstić information content (AvgIpc) is 2.74. The predicted octanol–water partition coefficient (Wildman–Crippen LogP) is 3.36. The zero-order valence-electron chi connectivity index (χ0n) is 14.8. The number of para-hydroxylation sites is 1. The molecule has 1 aliphatic heterocycles. The highest BCUT2D eigenvalue weighted by molar-refractivity contribution is 6.08. The Morgan fingerprint density at radius 2 is 1.39 bits per heavy atom. The monoisotopic (exact) mass is 375 g/mol. The second kappa shape index (κ2) is 7.79. The molecule has 0 spiro atoms. The highest BCUT2D eigenvalue weighted by Gasteiger charge is 2.15. The van der Waals surface area contributed by atoms with Gasteiger partial charge in [-0.2, -0.15) is 0 Å². The van der Waals surface area contributed by atoms with E-state index in [0.717, 1.165) is 0 Å². The number of carbonyl (C=O) groups excluding carboxylic acids is 2. The Bertz CT molecular complexity index is 1020. The van der Waals surface area contributed by atoms with E-state index in [4.69, 9.17) is 9.47 Å². The number of amides is 2. The van der Waals surface area contributed by atoms with Crippen LogP contribution in [0.2, 0.25) is 0 Å². The molecule has 0 saturated heterocycles. The Morgan fingerprint density at radius 1 is 0.750 bits per heavy atom. The van der Waals surface area contributed by atoms with E-state index < -0.39 is 0 Å². The van der Waals surface area contributed by atoms with Crippen LogP contribution < -0.4 is 20.1 Å². The van der Waals surface area contributed by atoms with Crippen molar-refractivity contribution in [3.05, 3.63) is 78.1 Å². The first-order valence-corrected chi connectivity index (χ1v) is 8.71. The molecule has 28 heavy (non-hydrogen) atoms. The summed E-state index contributed by atoms with van der Waals surface area (Å²) in [4.78, 5) is 29.0. The lowest BCUT2D eigenvalue weighted by molar-refractivity contribution is 0.102. The molecule has 2 heterocycles. The number of rotatable bonds is 4. The van der Waals surface area contributed by atoms with E-state index in [2.05, 4.69) is 15.6 Å². The van der Waals surface area contributed by atoms with Crippen LogP contribution in [0.1, 0.15) is 20.7 Å². The van der Waals surface area contributed by atoms with Crippen molar-refractivity contribution in [2.45, 2.75) is 0 Å². The average molecular weight is 375 g/mol. The number of pyridine rings is 1. The van der Waals surface area contributed by atoms with Crippen LogP contribution in [-0.2, 0) is 0 Å². The van der Waals surface area contributed by atoms with Gasteiger partial charge in [0.2, 0.25) is 0 Å². The molecule has 140 valence electrons. The summed E-state index contributed by atoms with van der Waals surface area (Å²) in [6, 6.07) is 15.7. The van der Waals surface area contributed by atoms with Crippen LogP contribution in [0.15, 0.2) is 67.0 Å². The molecular weight excluding hydrogens is 358 g/mol. The third-order valence-corrected chi connectivity index (χ3v) is 4.09. The maximum Gasteiger partial charge on any atom is 0.257 e. The molecule has 3 aromatic rings. The molecule has 7 heteroatoms. The molecule has 0 radical (unpaired) electrons. The molecule has 0 bridgehead atoms. The molecule has 0 atom stereocenters. The predicted molar refractivity (Wildman–Crippen MR) is 104 cm³/mol. The molecule has 2 amide bonds. The smallest absolute Gasteiger partial charge is 0.257 e. The SMILES string of the molecule is O=C(Nc1ccccc1)c1cncc(C(=O)Nc2ccc3c(c2)OCCO3)c1. The lowest BCUT2D eigenvalue weighted by Gasteiger charge is -2.19. The van der Waals surface area contributed by atoms with Crippen molar-refractivity contribution in [1.29, 1.82) is 0 Å². The number of hydrogen-bond acceptors (Lipinski definition) is 5. The topological polar surface area (TPSA) is 89.6 Å². The minimum Gasteiger partial charge on any atom is -0.486 e. The Balaban J connectivity index is 1.47. The second-order valence-corrected chi connectivity index (χ2v) is 6.10. The van der Waals surface area contributed by atoms with Gasteiger partial charge >= 0.3 is 0 Å². The quantitative estimate of drug-likeness (QED) is 0.730. The number of ether oxygens (including phenoxy) is 2. The summed E-state index contributed by atoms with van der Waals surface area (Å²) in [6.45, 7) is 0.967. The van der Waals surface area contributed by atoms with Crippen molar-refractivity contribution in [1.82, 2.24) is 4.98 Å². The zero-order chi connectivity index (χ0) is 19.3. The van der Waals surface area contributed by atoms with Crippen molar-refractivity contribution in [3.8, 4) is 11.5 Å². The van der Waals surface area contributed by atoms with Crippen LogP contribution in [0.4, 0.5) is 11.4 Å². The molecular formula is C21H17N3O4. The molecule has 0 aliphatic carbocycles. The van der Waals surface area contributed by atoms with Gasteiger partial charge in [-0.05, 0) is 30.3 Å². The minimum absolute atomic E-state index is 0.274. The van der Waals surface area contributed by atoms with Crippen molar-refractivity contribution in [2.24, 2.45) is 0 Å². The van der Waals surface area contributed by atoms with E-state index in [-0.39, 0.29) is 17.4 Å². The van der Waals surface area contributed by atoms with Gasteiger partial charge < -0.3 is 20.1 Å². The van der Waals surface area contributed by atoms with E-state index in [0.29, 0.717) is 41.7 Å². The number of anilines is 2. The van der Waals surface area contributed by atoms with Crippen LogP contribution in [0.3, 0.4) is 0 Å². The molecule has 0 fully saturated rings. The highest BCUT2D eigenvalue weighted by atomic mass is 16.6. The van der Waals surface area contributed by atoms with Gasteiger partial charge in [0, 0.05) is 29.8 Å². The molecule has 0 unspecified atom stereocenters. The van der Waals surface area contributed by atoms with Gasteiger partial charge in [0.25, 0.3) is 11.8 Å². The number of benzene rings is 2. The molecule has 2 aromatic carbocycles. The molecule has 0 saturated carbocycles. The van der Waals surface area contributed by atoms with Crippen molar-refractivity contribution >= 4 is 23.2 Å². The summed E-state index contributed by atoms with van der Waals surface area (Å²) < 4.78 is 11.0. The zero-order valence-corrected chi connectivity index (χ0v) is 14.8. The maximum absolute atomic E-state index is 12.6. The minimum atomic E-state index is -0.376. The van der Waals surface area contributed by atoms with Crippen LogP contribution in [0.25, 0.3) is 0 Å². The molecule has 1 aliphatic rings. The van der Waals surface area contributed by atoms with Gasteiger partial charge in [-0.3, -0.25) is 14.6 Å². The van der Waals surface area contributed by atoms with E-state index in [9.17, 15) is 9.59 Å². The summed E-state index contributed by atoms with van der Waals surface area (Å²) in [5.41, 5.74) is 1.79. The summed E-state index contributed by atoms with van der Waals surface area (Å²) >= 11 is 0. The van der Waals surface area contributed by atoms with Gasteiger partial charge in [-0.25, -0.2) is 0 Å². The lowest BCUT2D eigenvalue weighted by atomic mass is 10.1. The van der Waals surface area contributed by atoms with Crippen molar-refractivity contribution in [3.63, 3.8) is 0 Å². The van der Waals surface area contributed by atoms with Gasteiger partial charge in [0.15, 0.2) is 11.5 Å². The van der Waals surface area contributed by atoms with Crippen molar-refractivity contribution in [2.75, 3.05) is 23.8 Å². The summed E-state index contributed by atoms with van der Waals surface area (Å²) in [5, 5.41) is 5.55. The van der Waals surface area contributed by atoms with E-state index in [1.807, 2.05) is 18.2 Å². The molecule has 4 rings (SSSR count). The highest BCUT2D eigenvalue weighted by Crippen LogP contribution is 2.32. The third kappa shape index (κ3) is 3.93.